The fourth-order valence-corrected chi connectivity index (χ4v) is 5.16. The van der Waals surface area contributed by atoms with Gasteiger partial charge in [0.1, 0.15) is 11.6 Å². The first-order chi connectivity index (χ1) is 18.3. The highest BCUT2D eigenvalue weighted by Crippen LogP contribution is 2.33. The van der Waals surface area contributed by atoms with Gasteiger partial charge in [-0.25, -0.2) is 0 Å². The van der Waals surface area contributed by atoms with Crippen LogP contribution in [0.3, 0.4) is 0 Å². The van der Waals surface area contributed by atoms with Crippen LogP contribution in [0.25, 0.3) is 27.9 Å². The van der Waals surface area contributed by atoms with Crippen LogP contribution in [0.5, 0.6) is 0 Å². The van der Waals surface area contributed by atoms with Crippen LogP contribution in [0.1, 0.15) is 42.3 Å². The zero-order valence-electron chi connectivity index (χ0n) is 21.6. The second kappa shape index (κ2) is 9.95. The van der Waals surface area contributed by atoms with E-state index in [0.717, 1.165) is 39.5 Å². The minimum absolute atomic E-state index is 0.000398. The Bertz CT molecular complexity index is 1730. The molecule has 6 heteroatoms. The molecule has 0 saturated carbocycles. The number of ketones is 1. The lowest BCUT2D eigenvalue weighted by Crippen LogP contribution is -2.43. The number of benzene rings is 3. The van der Waals surface area contributed by atoms with Crippen molar-refractivity contribution < 1.29 is 14.4 Å². The molecule has 0 aliphatic carbocycles. The van der Waals surface area contributed by atoms with Crippen LogP contribution in [0.2, 0.25) is 0 Å². The van der Waals surface area contributed by atoms with Gasteiger partial charge in [0.25, 0.3) is 11.8 Å². The first-order valence-electron chi connectivity index (χ1n) is 12.6. The molecular weight excluding hydrogens is 474 g/mol. The number of hydrogen-bond donors (Lipinski definition) is 0. The molecule has 2 amide bonds. The third-order valence-corrected chi connectivity index (χ3v) is 7.21. The molecule has 4 aromatic rings. The second-order valence-electron chi connectivity index (χ2n) is 9.48. The Kier molecular flexibility index (Phi) is 6.52. The van der Waals surface area contributed by atoms with E-state index in [9.17, 15) is 19.6 Å². The normalized spacial score (nSPS) is 15.1. The van der Waals surface area contributed by atoms with Gasteiger partial charge in [-0.2, -0.15) is 5.26 Å². The molecule has 1 aromatic heterocycles. The van der Waals surface area contributed by atoms with E-state index in [1.165, 1.54) is 4.90 Å². The Hall–Kier alpha value is -4.76. The third kappa shape index (κ3) is 4.22. The average Bonchev–Trinajstić information content (AvgIpc) is 3.24. The summed E-state index contributed by atoms with van der Waals surface area (Å²) in [6.07, 6.45) is 2.25. The summed E-state index contributed by atoms with van der Waals surface area (Å²) in [7, 11) is 0. The van der Waals surface area contributed by atoms with E-state index in [1.54, 1.807) is 19.9 Å². The summed E-state index contributed by atoms with van der Waals surface area (Å²) in [5.41, 5.74) is 5.19. The monoisotopic (exact) mass is 501 g/mol. The van der Waals surface area contributed by atoms with Gasteiger partial charge in [0, 0.05) is 46.0 Å². The average molecular weight is 502 g/mol. The van der Waals surface area contributed by atoms with Crippen molar-refractivity contribution in [3.63, 3.8) is 0 Å². The van der Waals surface area contributed by atoms with Crippen molar-refractivity contribution in [3.05, 3.63) is 100 Å². The maximum atomic E-state index is 13.5. The Morgan fingerprint density at radius 3 is 2.29 bits per heavy atom. The molecule has 1 aliphatic rings. The zero-order valence-corrected chi connectivity index (χ0v) is 21.6. The van der Waals surface area contributed by atoms with Crippen molar-refractivity contribution in [2.75, 3.05) is 6.54 Å². The summed E-state index contributed by atoms with van der Waals surface area (Å²) in [6, 6.07) is 23.3. The van der Waals surface area contributed by atoms with Gasteiger partial charge in [-0.3, -0.25) is 19.3 Å². The molecule has 0 spiro atoms. The number of Topliss-reactive ketones (excluding diaryl/α,β-unsaturated/α-hetero) is 1. The molecule has 0 radical (unpaired) electrons. The van der Waals surface area contributed by atoms with Gasteiger partial charge >= 0.3 is 0 Å². The van der Waals surface area contributed by atoms with E-state index in [-0.39, 0.29) is 17.9 Å². The van der Waals surface area contributed by atoms with E-state index in [4.69, 9.17) is 0 Å². The molecule has 3 aromatic carbocycles. The lowest BCUT2D eigenvalue weighted by molar-refractivity contribution is -0.140. The molecule has 0 atom stereocenters. The van der Waals surface area contributed by atoms with Crippen molar-refractivity contribution >= 4 is 45.5 Å². The van der Waals surface area contributed by atoms with Crippen LogP contribution in [0, 0.1) is 11.3 Å². The van der Waals surface area contributed by atoms with Gasteiger partial charge in [-0.1, -0.05) is 36.4 Å². The molecule has 0 N–H and O–H groups in total. The number of aromatic nitrogens is 1. The van der Waals surface area contributed by atoms with Crippen molar-refractivity contribution in [2.24, 2.45) is 0 Å². The molecule has 2 heterocycles. The summed E-state index contributed by atoms with van der Waals surface area (Å²) >= 11 is 0. The van der Waals surface area contributed by atoms with Crippen LogP contribution in [0.15, 0.2) is 83.4 Å². The fraction of sp³-hybridized carbons (Fsp3) is 0.188. The first kappa shape index (κ1) is 24.9. The Balaban J connectivity index is 1.60. The Morgan fingerprint density at radius 1 is 0.947 bits per heavy atom. The maximum Gasteiger partial charge on any atom is 0.271 e. The van der Waals surface area contributed by atoms with Gasteiger partial charge in [0.15, 0.2) is 5.78 Å². The first-order valence-corrected chi connectivity index (χ1v) is 12.6. The SMILES string of the molecule is CCn1c2ccc(/C=C3/C(=O)N(CCc4ccccc4)C(=O)C(C#N)=C3C)cc2c2cc(C(C)=O)ccc21. The molecule has 0 unspecified atom stereocenters. The number of hydrogen-bond acceptors (Lipinski definition) is 4. The Labute approximate surface area is 221 Å². The number of carbonyl (C=O) groups is 3. The highest BCUT2D eigenvalue weighted by atomic mass is 16.2. The highest BCUT2D eigenvalue weighted by molar-refractivity contribution is 6.20. The lowest BCUT2D eigenvalue weighted by atomic mass is 9.93. The molecule has 0 bridgehead atoms. The summed E-state index contributed by atoms with van der Waals surface area (Å²) in [6.45, 7) is 6.23. The minimum Gasteiger partial charge on any atom is -0.341 e. The number of imide groups is 1. The molecular formula is C32H27N3O3. The summed E-state index contributed by atoms with van der Waals surface area (Å²) in [5.74, 6) is -0.959. The van der Waals surface area contributed by atoms with Crippen LogP contribution in [0.4, 0.5) is 0 Å². The van der Waals surface area contributed by atoms with Gasteiger partial charge in [-0.15, -0.1) is 0 Å². The van der Waals surface area contributed by atoms with Gasteiger partial charge in [0.05, 0.1) is 0 Å². The Morgan fingerprint density at radius 2 is 1.63 bits per heavy atom. The quantitative estimate of drug-likeness (QED) is 0.188. The van der Waals surface area contributed by atoms with E-state index in [0.29, 0.717) is 23.1 Å². The summed E-state index contributed by atoms with van der Waals surface area (Å²) in [5, 5.41) is 11.7. The van der Waals surface area contributed by atoms with Crippen molar-refractivity contribution in [2.45, 2.75) is 33.7 Å². The van der Waals surface area contributed by atoms with E-state index in [2.05, 4.69) is 11.5 Å². The van der Waals surface area contributed by atoms with Crippen LogP contribution >= 0.6 is 0 Å². The van der Waals surface area contributed by atoms with Crippen LogP contribution in [-0.2, 0) is 22.6 Å². The predicted molar refractivity (Wildman–Crippen MR) is 148 cm³/mol. The smallest absolute Gasteiger partial charge is 0.271 e. The molecule has 0 saturated heterocycles. The van der Waals surface area contributed by atoms with Crippen molar-refractivity contribution in [1.82, 2.24) is 9.47 Å². The van der Waals surface area contributed by atoms with Crippen molar-refractivity contribution in [1.29, 1.82) is 5.26 Å². The maximum absolute atomic E-state index is 13.5. The number of fused-ring (bicyclic) bond motifs is 3. The number of amides is 2. The molecule has 0 fully saturated rings. The predicted octanol–water partition coefficient (Wildman–Crippen LogP) is 5.85. The number of rotatable bonds is 6. The number of carbonyl (C=O) groups excluding carboxylic acids is 3. The number of nitrogens with zero attached hydrogens (tertiary/aromatic N) is 3. The van der Waals surface area contributed by atoms with Crippen LogP contribution in [-0.4, -0.2) is 33.6 Å². The standard InChI is InChI=1S/C32H27N3O3/c1-4-34-29-12-10-23(17-26(29)27-18-24(21(3)36)11-13-30(27)34)16-25-20(2)28(19-33)32(38)35(31(25)37)15-14-22-8-6-5-7-9-22/h5-13,16-18H,4,14-15H2,1-3H3/b25-16+. The van der Waals surface area contributed by atoms with E-state index >= 15 is 0 Å². The van der Waals surface area contributed by atoms with Crippen LogP contribution < -0.4 is 0 Å². The van der Waals surface area contributed by atoms with Crippen molar-refractivity contribution in [3.8, 4) is 6.07 Å². The minimum atomic E-state index is -0.554. The van der Waals surface area contributed by atoms with E-state index < -0.39 is 11.8 Å². The third-order valence-electron chi connectivity index (χ3n) is 7.21. The molecule has 1 aliphatic heterocycles. The largest absolute Gasteiger partial charge is 0.341 e. The molecule has 5 rings (SSSR count). The van der Waals surface area contributed by atoms with Gasteiger partial charge in [0.2, 0.25) is 0 Å². The molecule has 188 valence electrons. The molecule has 6 nitrogen and oxygen atoms in total. The topological polar surface area (TPSA) is 83.2 Å². The van der Waals surface area contributed by atoms with Gasteiger partial charge < -0.3 is 4.57 Å². The summed E-state index contributed by atoms with van der Waals surface area (Å²) in [4.78, 5) is 39.8. The summed E-state index contributed by atoms with van der Waals surface area (Å²) < 4.78 is 2.19. The number of nitriles is 1. The number of aryl methyl sites for hydroxylation is 1. The molecule has 38 heavy (non-hydrogen) atoms. The lowest BCUT2D eigenvalue weighted by Gasteiger charge is -2.27. The second-order valence-corrected chi connectivity index (χ2v) is 9.48. The fourth-order valence-electron chi connectivity index (χ4n) is 5.16. The zero-order chi connectivity index (χ0) is 27.0. The van der Waals surface area contributed by atoms with E-state index in [1.807, 2.05) is 72.8 Å². The highest BCUT2D eigenvalue weighted by Gasteiger charge is 2.35. The van der Waals surface area contributed by atoms with Gasteiger partial charge in [-0.05, 0) is 80.3 Å².